The van der Waals surface area contributed by atoms with E-state index in [4.69, 9.17) is 4.98 Å². The SMILES string of the molecule is CC(C)(C)c1nc(N2CCC(O)CC2)sc1Br. The fraction of sp³-hybridized carbons (Fsp3) is 0.750. The third kappa shape index (κ3) is 3.01. The summed E-state index contributed by atoms with van der Waals surface area (Å²) in [4.78, 5) is 7.02. The Bertz CT molecular complexity index is 392. The molecule has 0 aromatic carbocycles. The lowest BCUT2D eigenvalue weighted by atomic mass is 9.93. The molecule has 1 saturated heterocycles. The molecular weight excluding hydrogens is 300 g/mol. The summed E-state index contributed by atoms with van der Waals surface area (Å²) in [6.07, 6.45) is 1.57. The summed E-state index contributed by atoms with van der Waals surface area (Å²) in [5.41, 5.74) is 1.20. The molecule has 0 bridgehead atoms. The second-order valence-electron chi connectivity index (χ2n) is 5.59. The summed E-state index contributed by atoms with van der Waals surface area (Å²) in [5, 5.41) is 10.6. The van der Waals surface area contributed by atoms with E-state index in [9.17, 15) is 5.11 Å². The maximum Gasteiger partial charge on any atom is 0.186 e. The van der Waals surface area contributed by atoms with Gasteiger partial charge in [-0.05, 0) is 28.8 Å². The van der Waals surface area contributed by atoms with Gasteiger partial charge in [-0.3, -0.25) is 0 Å². The monoisotopic (exact) mass is 318 g/mol. The Hall–Kier alpha value is -0.130. The molecule has 0 radical (unpaired) electrons. The number of hydrogen-bond acceptors (Lipinski definition) is 4. The topological polar surface area (TPSA) is 36.4 Å². The number of hydrogen-bond donors (Lipinski definition) is 1. The Balaban J connectivity index is 2.18. The van der Waals surface area contributed by atoms with E-state index < -0.39 is 0 Å². The molecule has 2 heterocycles. The van der Waals surface area contributed by atoms with Crippen molar-refractivity contribution in [3.8, 4) is 0 Å². The van der Waals surface area contributed by atoms with Crippen LogP contribution in [0.1, 0.15) is 39.3 Å². The quantitative estimate of drug-likeness (QED) is 0.864. The number of aliphatic hydroxyl groups is 1. The predicted molar refractivity (Wildman–Crippen MR) is 76.0 cm³/mol. The van der Waals surface area contributed by atoms with Gasteiger partial charge in [-0.2, -0.15) is 0 Å². The van der Waals surface area contributed by atoms with Crippen LogP contribution in [-0.4, -0.2) is 29.3 Å². The lowest BCUT2D eigenvalue weighted by molar-refractivity contribution is 0.145. The first-order valence-corrected chi connectivity index (χ1v) is 7.58. The fourth-order valence-corrected chi connectivity index (χ4v) is 4.12. The van der Waals surface area contributed by atoms with Crippen LogP contribution in [-0.2, 0) is 5.41 Å². The van der Waals surface area contributed by atoms with Crippen molar-refractivity contribution in [2.24, 2.45) is 0 Å². The number of aromatic nitrogens is 1. The first-order chi connectivity index (χ1) is 7.88. The average molecular weight is 319 g/mol. The van der Waals surface area contributed by atoms with Gasteiger partial charge in [-0.25, -0.2) is 4.98 Å². The van der Waals surface area contributed by atoms with Gasteiger partial charge < -0.3 is 10.0 Å². The Kier molecular flexibility index (Phi) is 3.80. The summed E-state index contributed by atoms with van der Waals surface area (Å²) >= 11 is 5.31. The summed E-state index contributed by atoms with van der Waals surface area (Å²) in [6.45, 7) is 8.35. The van der Waals surface area contributed by atoms with Crippen molar-refractivity contribution in [3.05, 3.63) is 9.48 Å². The van der Waals surface area contributed by atoms with Crippen LogP contribution in [0.15, 0.2) is 3.79 Å². The highest BCUT2D eigenvalue weighted by Gasteiger charge is 2.25. The Morgan fingerprint density at radius 1 is 1.35 bits per heavy atom. The van der Waals surface area contributed by atoms with Gasteiger partial charge in [-0.15, -0.1) is 0 Å². The molecule has 1 aliphatic heterocycles. The Labute approximate surface area is 115 Å². The van der Waals surface area contributed by atoms with E-state index in [1.54, 1.807) is 11.3 Å². The number of rotatable bonds is 1. The summed E-state index contributed by atoms with van der Waals surface area (Å²) in [5.74, 6) is 0. The molecule has 0 unspecified atom stereocenters. The molecule has 5 heteroatoms. The zero-order valence-corrected chi connectivity index (χ0v) is 12.9. The highest BCUT2D eigenvalue weighted by molar-refractivity contribution is 9.11. The van der Waals surface area contributed by atoms with Gasteiger partial charge in [-0.1, -0.05) is 32.1 Å². The number of thiazole rings is 1. The zero-order valence-electron chi connectivity index (χ0n) is 10.5. The van der Waals surface area contributed by atoms with Crippen molar-refractivity contribution in [2.75, 3.05) is 18.0 Å². The van der Waals surface area contributed by atoms with E-state index in [1.807, 2.05) is 0 Å². The van der Waals surface area contributed by atoms with Crippen LogP contribution in [0, 0.1) is 0 Å². The van der Waals surface area contributed by atoms with Crippen LogP contribution in [0.5, 0.6) is 0 Å². The molecule has 0 atom stereocenters. The van der Waals surface area contributed by atoms with E-state index in [0.717, 1.165) is 40.5 Å². The van der Waals surface area contributed by atoms with Gasteiger partial charge >= 0.3 is 0 Å². The maximum atomic E-state index is 9.51. The molecule has 1 fully saturated rings. The van der Waals surface area contributed by atoms with Crippen molar-refractivity contribution in [3.63, 3.8) is 0 Å². The van der Waals surface area contributed by atoms with E-state index in [1.165, 1.54) is 0 Å². The number of aliphatic hydroxyl groups excluding tert-OH is 1. The molecule has 0 amide bonds. The van der Waals surface area contributed by atoms with Crippen LogP contribution >= 0.6 is 27.3 Å². The molecule has 0 aliphatic carbocycles. The summed E-state index contributed by atoms with van der Waals surface area (Å²) < 4.78 is 1.13. The Morgan fingerprint density at radius 3 is 2.41 bits per heavy atom. The second-order valence-corrected chi connectivity index (χ2v) is 7.88. The first kappa shape index (κ1) is 13.3. The van der Waals surface area contributed by atoms with E-state index >= 15 is 0 Å². The van der Waals surface area contributed by atoms with Crippen LogP contribution in [0.2, 0.25) is 0 Å². The van der Waals surface area contributed by atoms with E-state index in [0.29, 0.717) is 0 Å². The van der Waals surface area contributed by atoms with Crippen LogP contribution in [0.25, 0.3) is 0 Å². The second kappa shape index (κ2) is 4.86. The van der Waals surface area contributed by atoms with Crippen LogP contribution < -0.4 is 4.90 Å². The normalized spacial score (nSPS) is 18.8. The van der Waals surface area contributed by atoms with Gasteiger partial charge in [0.15, 0.2) is 5.13 Å². The third-order valence-electron chi connectivity index (χ3n) is 3.02. The molecule has 0 spiro atoms. The molecule has 1 aliphatic rings. The highest BCUT2D eigenvalue weighted by atomic mass is 79.9. The molecule has 1 aromatic rings. The van der Waals surface area contributed by atoms with Crippen molar-refractivity contribution < 1.29 is 5.11 Å². The molecule has 17 heavy (non-hydrogen) atoms. The van der Waals surface area contributed by atoms with Gasteiger partial charge in [0.2, 0.25) is 0 Å². The summed E-state index contributed by atoms with van der Waals surface area (Å²) in [6, 6.07) is 0. The molecule has 96 valence electrons. The van der Waals surface area contributed by atoms with Crippen molar-refractivity contribution in [1.29, 1.82) is 0 Å². The Morgan fingerprint density at radius 2 is 1.94 bits per heavy atom. The van der Waals surface area contributed by atoms with E-state index in [-0.39, 0.29) is 11.5 Å². The fourth-order valence-electron chi connectivity index (χ4n) is 1.95. The standard InChI is InChI=1S/C12H19BrN2OS/c1-12(2,3)9-10(13)17-11(14-9)15-6-4-8(16)5-7-15/h8,16H,4-7H2,1-3H3. The van der Waals surface area contributed by atoms with Gasteiger partial charge in [0.05, 0.1) is 15.6 Å². The maximum absolute atomic E-state index is 9.51. The van der Waals surface area contributed by atoms with Crippen LogP contribution in [0.3, 0.4) is 0 Å². The van der Waals surface area contributed by atoms with Crippen LogP contribution in [0.4, 0.5) is 5.13 Å². The lowest BCUT2D eigenvalue weighted by Crippen LogP contribution is -2.35. The number of piperidine rings is 1. The van der Waals surface area contributed by atoms with Crippen molar-refractivity contribution in [2.45, 2.75) is 45.1 Å². The predicted octanol–water partition coefficient (Wildman–Crippen LogP) is 3.16. The molecule has 1 N–H and O–H groups in total. The minimum atomic E-state index is -0.128. The lowest BCUT2D eigenvalue weighted by Gasteiger charge is -2.29. The molecular formula is C12H19BrN2OS. The van der Waals surface area contributed by atoms with Gasteiger partial charge in [0.25, 0.3) is 0 Å². The van der Waals surface area contributed by atoms with Gasteiger partial charge in [0.1, 0.15) is 0 Å². The molecule has 3 nitrogen and oxygen atoms in total. The van der Waals surface area contributed by atoms with Crippen molar-refractivity contribution in [1.82, 2.24) is 4.98 Å². The number of halogens is 1. The number of nitrogens with zero attached hydrogens (tertiary/aromatic N) is 2. The highest BCUT2D eigenvalue weighted by Crippen LogP contribution is 2.38. The molecule has 2 rings (SSSR count). The third-order valence-corrected chi connectivity index (χ3v) is 4.79. The first-order valence-electron chi connectivity index (χ1n) is 5.98. The van der Waals surface area contributed by atoms with Gasteiger partial charge in [0, 0.05) is 18.5 Å². The largest absolute Gasteiger partial charge is 0.393 e. The zero-order chi connectivity index (χ0) is 12.6. The summed E-state index contributed by atoms with van der Waals surface area (Å²) in [7, 11) is 0. The van der Waals surface area contributed by atoms with Crippen molar-refractivity contribution >= 4 is 32.4 Å². The molecule has 0 saturated carbocycles. The minimum absolute atomic E-state index is 0.0723. The van der Waals surface area contributed by atoms with E-state index in [2.05, 4.69) is 41.6 Å². The average Bonchev–Trinajstić information content (AvgIpc) is 2.61. The molecule has 1 aromatic heterocycles. The smallest absolute Gasteiger partial charge is 0.186 e. The minimum Gasteiger partial charge on any atom is -0.393 e. The number of anilines is 1.